The minimum Gasteiger partial charge on any atom is -0.235 e. The third-order valence-corrected chi connectivity index (χ3v) is 3.22. The van der Waals surface area contributed by atoms with Gasteiger partial charge >= 0.3 is 6.18 Å². The van der Waals surface area contributed by atoms with Gasteiger partial charge in [-0.05, 0) is 22.0 Å². The molecule has 0 saturated carbocycles. The highest BCUT2D eigenvalue weighted by molar-refractivity contribution is 9.10. The molecule has 2 rings (SSSR count). The number of alkyl halides is 3. The molecule has 0 aromatic carbocycles. The molecule has 2 heterocycles. The van der Waals surface area contributed by atoms with Gasteiger partial charge in [0.1, 0.15) is 16.2 Å². The molecule has 2 aromatic rings. The molecule has 0 saturated heterocycles. The summed E-state index contributed by atoms with van der Waals surface area (Å²) in [5.41, 5.74) is -0.734. The van der Waals surface area contributed by atoms with Gasteiger partial charge in [0, 0.05) is 6.20 Å². The lowest BCUT2D eigenvalue weighted by Gasteiger charge is -2.09. The van der Waals surface area contributed by atoms with Crippen LogP contribution < -0.4 is 0 Å². The van der Waals surface area contributed by atoms with Crippen LogP contribution in [0.4, 0.5) is 13.2 Å². The molecule has 9 heteroatoms. The molecule has 0 atom stereocenters. The number of pyridine rings is 1. The van der Waals surface area contributed by atoms with Gasteiger partial charge in [0.2, 0.25) is 0 Å². The van der Waals surface area contributed by atoms with Crippen molar-refractivity contribution in [2.75, 3.05) is 0 Å². The van der Waals surface area contributed by atoms with Crippen molar-refractivity contribution in [3.8, 4) is 11.9 Å². The molecular weight excluding hydrogens is 348 g/mol. The van der Waals surface area contributed by atoms with E-state index in [1.54, 1.807) is 0 Å². The topological polar surface area (TPSA) is 54.5 Å². The van der Waals surface area contributed by atoms with E-state index in [0.717, 1.165) is 10.7 Å². The van der Waals surface area contributed by atoms with Crippen LogP contribution in [-0.4, -0.2) is 14.8 Å². The van der Waals surface area contributed by atoms with Crippen molar-refractivity contribution in [1.82, 2.24) is 14.8 Å². The van der Waals surface area contributed by atoms with Crippen molar-refractivity contribution in [3.05, 3.63) is 39.2 Å². The lowest BCUT2D eigenvalue weighted by atomic mass is 10.3. The Balaban J connectivity index is 2.53. The second-order valence-electron chi connectivity index (χ2n) is 3.40. The lowest BCUT2D eigenvalue weighted by molar-refractivity contribution is -0.137. The van der Waals surface area contributed by atoms with E-state index in [4.69, 9.17) is 16.9 Å². The summed E-state index contributed by atoms with van der Waals surface area (Å²) in [7, 11) is 0. The molecule has 0 spiro atoms. The Morgan fingerprint density at radius 2 is 2.05 bits per heavy atom. The average Bonchev–Trinajstić information content (AvgIpc) is 2.69. The van der Waals surface area contributed by atoms with Gasteiger partial charge < -0.3 is 0 Å². The number of hydrogen-bond donors (Lipinski definition) is 0. The predicted molar refractivity (Wildman–Crippen MR) is 63.8 cm³/mol. The fourth-order valence-electron chi connectivity index (χ4n) is 1.30. The van der Waals surface area contributed by atoms with Gasteiger partial charge in [-0.25, -0.2) is 9.67 Å². The van der Waals surface area contributed by atoms with E-state index in [2.05, 4.69) is 26.0 Å². The quantitative estimate of drug-likeness (QED) is 0.789. The summed E-state index contributed by atoms with van der Waals surface area (Å²) in [6, 6.07) is 2.61. The molecular formula is C10H3BrClF3N4. The smallest absolute Gasteiger partial charge is 0.235 e. The summed E-state index contributed by atoms with van der Waals surface area (Å²) in [6.07, 6.45) is -2.62. The second-order valence-corrected chi connectivity index (χ2v) is 4.56. The van der Waals surface area contributed by atoms with Crippen LogP contribution in [0, 0.1) is 11.3 Å². The zero-order valence-corrected chi connectivity index (χ0v) is 11.3. The number of rotatable bonds is 1. The third-order valence-electron chi connectivity index (χ3n) is 2.18. The Hall–Kier alpha value is -1.59. The summed E-state index contributed by atoms with van der Waals surface area (Å²) in [4.78, 5) is 3.63. The molecule has 4 nitrogen and oxygen atoms in total. The van der Waals surface area contributed by atoms with Gasteiger partial charge in [0.25, 0.3) is 0 Å². The van der Waals surface area contributed by atoms with Gasteiger partial charge in [-0.15, -0.1) is 0 Å². The Kier molecular flexibility index (Phi) is 3.52. The fraction of sp³-hybridized carbons (Fsp3) is 0.100. The number of halogens is 5. The maximum Gasteiger partial charge on any atom is 0.417 e. The molecule has 0 amide bonds. The van der Waals surface area contributed by atoms with Crippen molar-refractivity contribution in [2.24, 2.45) is 0 Å². The van der Waals surface area contributed by atoms with Gasteiger partial charge in [-0.1, -0.05) is 11.6 Å². The van der Waals surface area contributed by atoms with E-state index in [0.29, 0.717) is 6.20 Å². The minimum atomic E-state index is -4.52. The molecule has 0 aliphatic heterocycles. The van der Waals surface area contributed by atoms with E-state index in [-0.39, 0.29) is 21.0 Å². The van der Waals surface area contributed by atoms with Crippen LogP contribution in [0.5, 0.6) is 0 Å². The van der Waals surface area contributed by atoms with Gasteiger partial charge in [0.05, 0.1) is 16.8 Å². The first-order chi connectivity index (χ1) is 8.84. The normalized spacial score (nSPS) is 11.4. The maximum atomic E-state index is 12.5. The highest BCUT2D eigenvalue weighted by atomic mass is 79.9. The van der Waals surface area contributed by atoms with E-state index in [9.17, 15) is 13.2 Å². The summed E-state index contributed by atoms with van der Waals surface area (Å²) >= 11 is 8.86. The Bertz CT molecular complexity index is 674. The summed E-state index contributed by atoms with van der Waals surface area (Å²) in [5.74, 6) is 0.00282. The van der Waals surface area contributed by atoms with Crippen LogP contribution in [0.2, 0.25) is 5.02 Å². The summed E-state index contributed by atoms with van der Waals surface area (Å²) < 4.78 is 38.8. The first-order valence-corrected chi connectivity index (χ1v) is 5.88. The molecule has 0 bridgehead atoms. The van der Waals surface area contributed by atoms with Crippen LogP contribution >= 0.6 is 27.5 Å². The zero-order chi connectivity index (χ0) is 14.2. The summed E-state index contributed by atoms with van der Waals surface area (Å²) in [6.45, 7) is 0. The largest absolute Gasteiger partial charge is 0.417 e. The average molecular weight is 352 g/mol. The van der Waals surface area contributed by atoms with Crippen LogP contribution in [0.3, 0.4) is 0 Å². The Morgan fingerprint density at radius 3 is 2.53 bits per heavy atom. The molecule has 2 aromatic heterocycles. The molecule has 19 heavy (non-hydrogen) atoms. The first kappa shape index (κ1) is 13.8. The summed E-state index contributed by atoms with van der Waals surface area (Å²) in [5, 5.41) is 12.4. The van der Waals surface area contributed by atoms with Crippen molar-refractivity contribution in [3.63, 3.8) is 0 Å². The molecule has 0 unspecified atom stereocenters. The molecule has 0 aliphatic rings. The lowest BCUT2D eigenvalue weighted by Crippen LogP contribution is -2.08. The monoisotopic (exact) mass is 350 g/mol. The van der Waals surface area contributed by atoms with Crippen molar-refractivity contribution in [2.45, 2.75) is 6.18 Å². The van der Waals surface area contributed by atoms with E-state index in [1.165, 1.54) is 6.20 Å². The van der Waals surface area contributed by atoms with Gasteiger partial charge in [0.15, 0.2) is 5.82 Å². The first-order valence-electron chi connectivity index (χ1n) is 4.71. The van der Waals surface area contributed by atoms with E-state index in [1.807, 2.05) is 6.07 Å². The highest BCUT2D eigenvalue weighted by Gasteiger charge is 2.32. The number of nitrogens with zero attached hydrogens (tertiary/aromatic N) is 4. The van der Waals surface area contributed by atoms with Crippen LogP contribution in [-0.2, 0) is 6.18 Å². The molecule has 0 aliphatic carbocycles. The predicted octanol–water partition coefficient (Wildman–Crippen LogP) is 3.57. The number of nitriles is 1. The van der Waals surface area contributed by atoms with Crippen LogP contribution in [0.15, 0.2) is 23.1 Å². The van der Waals surface area contributed by atoms with Crippen molar-refractivity contribution < 1.29 is 13.2 Å². The van der Waals surface area contributed by atoms with Gasteiger partial charge in [-0.2, -0.15) is 23.5 Å². The van der Waals surface area contributed by atoms with E-state index < -0.39 is 11.7 Å². The van der Waals surface area contributed by atoms with Crippen LogP contribution in [0.25, 0.3) is 5.82 Å². The Morgan fingerprint density at radius 1 is 1.37 bits per heavy atom. The zero-order valence-electron chi connectivity index (χ0n) is 8.91. The van der Waals surface area contributed by atoms with Crippen LogP contribution in [0.1, 0.15) is 11.1 Å². The molecule has 98 valence electrons. The van der Waals surface area contributed by atoms with Gasteiger partial charge in [-0.3, -0.25) is 0 Å². The standard InChI is InChI=1S/C10H3BrClF3N4/c11-8-5(2-16)3-18-19(8)9-7(12)1-6(4-17-9)10(13,14)15/h1,3-4H. The Labute approximate surface area is 118 Å². The maximum absolute atomic E-state index is 12.5. The fourth-order valence-corrected chi connectivity index (χ4v) is 1.99. The minimum absolute atomic E-state index is 0.00282. The molecule has 0 fully saturated rings. The van der Waals surface area contributed by atoms with Crippen molar-refractivity contribution >= 4 is 27.5 Å². The number of hydrogen-bond acceptors (Lipinski definition) is 3. The molecule has 0 radical (unpaired) electrons. The second kappa shape index (κ2) is 4.83. The number of aromatic nitrogens is 3. The molecule has 0 N–H and O–H groups in total. The van der Waals surface area contributed by atoms with Crippen molar-refractivity contribution in [1.29, 1.82) is 5.26 Å². The SMILES string of the molecule is N#Cc1cnn(-c2ncc(C(F)(F)F)cc2Cl)c1Br. The van der Waals surface area contributed by atoms with E-state index >= 15 is 0 Å². The highest BCUT2D eigenvalue weighted by Crippen LogP contribution is 2.32. The third kappa shape index (κ3) is 2.57.